The van der Waals surface area contributed by atoms with E-state index in [1.807, 2.05) is 0 Å². The minimum absolute atomic E-state index is 0.0621. The number of likely N-dealkylation sites (N-methyl/N-ethyl adjacent to an activating group) is 1. The molecule has 0 aliphatic heterocycles. The third kappa shape index (κ3) is 3.94. The second-order valence-electron chi connectivity index (χ2n) is 3.66. The lowest BCUT2D eigenvalue weighted by Crippen LogP contribution is -2.30. The Labute approximate surface area is 110 Å². The van der Waals surface area contributed by atoms with E-state index in [0.717, 1.165) is 0 Å². The summed E-state index contributed by atoms with van der Waals surface area (Å²) >= 11 is 5.73. The highest BCUT2D eigenvalue weighted by molar-refractivity contribution is 6.33. The zero-order chi connectivity index (χ0) is 13.5. The quantitative estimate of drug-likeness (QED) is 0.802. The van der Waals surface area contributed by atoms with Crippen molar-refractivity contribution in [1.82, 2.24) is 4.90 Å². The first-order valence-electron chi connectivity index (χ1n) is 5.46. The molecular formula is C12H15ClFNO3. The van der Waals surface area contributed by atoms with E-state index < -0.39 is 5.82 Å². The number of benzene rings is 1. The van der Waals surface area contributed by atoms with Gasteiger partial charge in [-0.15, -0.1) is 0 Å². The van der Waals surface area contributed by atoms with Crippen LogP contribution in [0.5, 0.6) is 0 Å². The standard InChI is InChI=1S/C12H15ClFNO3/c1-15(5-7-18-8-6-16)12(17)9-3-2-4-10(14)11(9)13/h2-4,16H,5-8H2,1H3. The number of aliphatic hydroxyl groups excluding tert-OH is 1. The fourth-order valence-electron chi connectivity index (χ4n) is 1.34. The first kappa shape index (κ1) is 14.9. The monoisotopic (exact) mass is 275 g/mol. The molecule has 0 spiro atoms. The third-order valence-corrected chi connectivity index (χ3v) is 2.72. The van der Waals surface area contributed by atoms with Gasteiger partial charge >= 0.3 is 0 Å². The number of carbonyl (C=O) groups excluding carboxylic acids is 1. The topological polar surface area (TPSA) is 49.8 Å². The second-order valence-corrected chi connectivity index (χ2v) is 4.04. The van der Waals surface area contributed by atoms with E-state index in [-0.39, 0.29) is 29.7 Å². The Morgan fingerprint density at radius 3 is 2.89 bits per heavy atom. The Kier molecular flexibility index (Phi) is 6.04. The van der Waals surface area contributed by atoms with Gasteiger partial charge in [0, 0.05) is 13.6 Å². The molecule has 0 atom stereocenters. The summed E-state index contributed by atoms with van der Waals surface area (Å²) in [6, 6.07) is 4.10. The maximum absolute atomic E-state index is 13.2. The maximum atomic E-state index is 13.2. The molecule has 1 aromatic carbocycles. The molecule has 4 nitrogen and oxygen atoms in total. The zero-order valence-corrected chi connectivity index (χ0v) is 10.8. The highest BCUT2D eigenvalue weighted by atomic mass is 35.5. The van der Waals surface area contributed by atoms with Gasteiger partial charge in [0.05, 0.1) is 30.4 Å². The average molecular weight is 276 g/mol. The molecular weight excluding hydrogens is 261 g/mol. The van der Waals surface area contributed by atoms with Crippen LogP contribution in [0.4, 0.5) is 4.39 Å². The van der Waals surface area contributed by atoms with Crippen LogP contribution in [0.1, 0.15) is 10.4 Å². The highest BCUT2D eigenvalue weighted by Gasteiger charge is 2.16. The van der Waals surface area contributed by atoms with Gasteiger partial charge in [0.15, 0.2) is 0 Å². The van der Waals surface area contributed by atoms with E-state index in [2.05, 4.69) is 0 Å². The van der Waals surface area contributed by atoms with Crippen molar-refractivity contribution in [2.75, 3.05) is 33.4 Å². The predicted octanol–water partition coefficient (Wildman–Crippen LogP) is 1.56. The Bertz CT molecular complexity index is 414. The molecule has 0 aliphatic carbocycles. The largest absolute Gasteiger partial charge is 0.394 e. The summed E-state index contributed by atoms with van der Waals surface area (Å²) in [4.78, 5) is 13.3. The Balaban J connectivity index is 2.60. The molecule has 1 rings (SSSR count). The number of carbonyl (C=O) groups is 1. The van der Waals surface area contributed by atoms with Gasteiger partial charge in [-0.1, -0.05) is 17.7 Å². The van der Waals surface area contributed by atoms with Crippen LogP contribution in [0.3, 0.4) is 0 Å². The van der Waals surface area contributed by atoms with E-state index in [4.69, 9.17) is 21.4 Å². The zero-order valence-electron chi connectivity index (χ0n) is 10.0. The number of hydrogen-bond acceptors (Lipinski definition) is 3. The number of halogens is 2. The molecule has 100 valence electrons. The summed E-state index contributed by atoms with van der Waals surface area (Å²) in [5.41, 5.74) is 0.126. The van der Waals surface area contributed by atoms with Gasteiger partial charge in [0.25, 0.3) is 5.91 Å². The fourth-order valence-corrected chi connectivity index (χ4v) is 1.55. The molecule has 0 aliphatic rings. The van der Waals surface area contributed by atoms with Crippen molar-refractivity contribution in [3.05, 3.63) is 34.6 Å². The van der Waals surface area contributed by atoms with E-state index in [9.17, 15) is 9.18 Å². The van der Waals surface area contributed by atoms with Crippen molar-refractivity contribution in [2.24, 2.45) is 0 Å². The lowest BCUT2D eigenvalue weighted by Gasteiger charge is -2.17. The minimum Gasteiger partial charge on any atom is -0.394 e. The van der Waals surface area contributed by atoms with Crippen molar-refractivity contribution < 1.29 is 19.0 Å². The van der Waals surface area contributed by atoms with E-state index in [1.54, 1.807) is 7.05 Å². The van der Waals surface area contributed by atoms with Crippen molar-refractivity contribution in [2.45, 2.75) is 0 Å². The summed E-state index contributed by atoms with van der Waals surface area (Å²) in [5, 5.41) is 8.35. The lowest BCUT2D eigenvalue weighted by atomic mass is 10.2. The maximum Gasteiger partial charge on any atom is 0.255 e. The highest BCUT2D eigenvalue weighted by Crippen LogP contribution is 2.20. The van der Waals surface area contributed by atoms with Crippen LogP contribution < -0.4 is 0 Å². The van der Waals surface area contributed by atoms with Gasteiger partial charge in [0.1, 0.15) is 5.82 Å². The summed E-state index contributed by atoms with van der Waals surface area (Å²) in [6.45, 7) is 0.803. The van der Waals surface area contributed by atoms with Crippen molar-refractivity contribution in [3.63, 3.8) is 0 Å². The van der Waals surface area contributed by atoms with Gasteiger partial charge in [-0.2, -0.15) is 0 Å². The molecule has 0 saturated carbocycles. The molecule has 18 heavy (non-hydrogen) atoms. The van der Waals surface area contributed by atoms with Crippen molar-refractivity contribution in [3.8, 4) is 0 Å². The van der Waals surface area contributed by atoms with Gasteiger partial charge in [-0.05, 0) is 12.1 Å². The molecule has 1 amide bonds. The molecule has 6 heteroatoms. The van der Waals surface area contributed by atoms with E-state index >= 15 is 0 Å². The molecule has 0 aromatic heterocycles. The molecule has 0 heterocycles. The Morgan fingerprint density at radius 2 is 2.22 bits per heavy atom. The number of ether oxygens (including phenoxy) is 1. The Hall–Kier alpha value is -1.17. The van der Waals surface area contributed by atoms with Gasteiger partial charge in [-0.25, -0.2) is 4.39 Å². The van der Waals surface area contributed by atoms with Gasteiger partial charge in [-0.3, -0.25) is 4.79 Å². The van der Waals surface area contributed by atoms with Gasteiger partial charge < -0.3 is 14.7 Å². The number of nitrogens with zero attached hydrogens (tertiary/aromatic N) is 1. The molecule has 0 unspecified atom stereocenters. The van der Waals surface area contributed by atoms with Crippen molar-refractivity contribution >= 4 is 17.5 Å². The third-order valence-electron chi connectivity index (χ3n) is 2.34. The van der Waals surface area contributed by atoms with E-state index in [0.29, 0.717) is 13.2 Å². The minimum atomic E-state index is -0.618. The summed E-state index contributed by atoms with van der Waals surface area (Å²) in [6.07, 6.45) is 0. The molecule has 1 aromatic rings. The summed E-state index contributed by atoms with van der Waals surface area (Å²) in [5.74, 6) is -0.987. The second kappa shape index (κ2) is 7.31. The number of aliphatic hydroxyl groups is 1. The smallest absolute Gasteiger partial charge is 0.255 e. The molecule has 0 radical (unpaired) electrons. The first-order valence-corrected chi connectivity index (χ1v) is 5.83. The molecule has 0 fully saturated rings. The normalized spacial score (nSPS) is 10.4. The molecule has 1 N–H and O–H groups in total. The molecule has 0 bridgehead atoms. The van der Waals surface area contributed by atoms with Crippen LogP contribution in [0.2, 0.25) is 5.02 Å². The SMILES string of the molecule is CN(CCOCCO)C(=O)c1cccc(F)c1Cl. The van der Waals surface area contributed by atoms with Crippen molar-refractivity contribution in [1.29, 1.82) is 0 Å². The predicted molar refractivity (Wildman–Crippen MR) is 66.3 cm³/mol. The Morgan fingerprint density at radius 1 is 1.50 bits per heavy atom. The number of amides is 1. The van der Waals surface area contributed by atoms with E-state index in [1.165, 1.54) is 23.1 Å². The lowest BCUT2D eigenvalue weighted by molar-refractivity contribution is 0.0618. The van der Waals surface area contributed by atoms with Crippen LogP contribution in [0, 0.1) is 5.82 Å². The summed E-state index contributed by atoms with van der Waals surface area (Å²) < 4.78 is 18.2. The van der Waals surface area contributed by atoms with Crippen LogP contribution in [-0.2, 0) is 4.74 Å². The molecule has 0 saturated heterocycles. The number of rotatable bonds is 6. The van der Waals surface area contributed by atoms with Crippen LogP contribution >= 0.6 is 11.6 Å². The fraction of sp³-hybridized carbons (Fsp3) is 0.417. The van der Waals surface area contributed by atoms with Crippen LogP contribution in [0.15, 0.2) is 18.2 Å². The van der Waals surface area contributed by atoms with Crippen LogP contribution in [-0.4, -0.2) is 49.3 Å². The van der Waals surface area contributed by atoms with Crippen LogP contribution in [0.25, 0.3) is 0 Å². The average Bonchev–Trinajstić information content (AvgIpc) is 2.37. The number of hydrogen-bond donors (Lipinski definition) is 1. The first-order chi connectivity index (χ1) is 8.57. The van der Waals surface area contributed by atoms with Gasteiger partial charge in [0.2, 0.25) is 0 Å². The summed E-state index contributed by atoms with van der Waals surface area (Å²) in [7, 11) is 1.58.